The first-order valence-corrected chi connectivity index (χ1v) is 7.84. The molecule has 1 aromatic rings. The van der Waals surface area contributed by atoms with Crippen molar-refractivity contribution in [2.45, 2.75) is 65.3 Å². The Bertz CT molecular complexity index is 508. The molecule has 5 nitrogen and oxygen atoms in total. The van der Waals surface area contributed by atoms with Crippen molar-refractivity contribution < 1.29 is 4.79 Å². The number of rotatable bonds is 3. The molecule has 0 atom stereocenters. The van der Waals surface area contributed by atoms with Crippen LogP contribution < -0.4 is 5.73 Å². The molecule has 0 radical (unpaired) electrons. The second kappa shape index (κ2) is 5.70. The van der Waals surface area contributed by atoms with Gasteiger partial charge in [0.05, 0.1) is 11.4 Å². The van der Waals surface area contributed by atoms with E-state index in [1.54, 1.807) is 0 Å². The van der Waals surface area contributed by atoms with Crippen molar-refractivity contribution >= 4 is 11.6 Å². The minimum Gasteiger partial charge on any atom is -0.395 e. The zero-order valence-corrected chi connectivity index (χ0v) is 13.9. The molecule has 0 aromatic carbocycles. The third kappa shape index (κ3) is 3.22. The molecule has 118 valence electrons. The topological polar surface area (TPSA) is 75.0 Å². The van der Waals surface area contributed by atoms with Gasteiger partial charge in [-0.1, -0.05) is 27.7 Å². The predicted octanol–water partition coefficient (Wildman–Crippen LogP) is 3.16. The highest BCUT2D eigenvalue weighted by molar-refractivity contribution is 5.97. The van der Waals surface area contributed by atoms with Gasteiger partial charge in [0.15, 0.2) is 5.69 Å². The molecule has 1 aromatic heterocycles. The van der Waals surface area contributed by atoms with Crippen LogP contribution in [0, 0.1) is 5.41 Å². The van der Waals surface area contributed by atoms with E-state index in [4.69, 9.17) is 5.73 Å². The number of amides is 1. The molecule has 3 N–H and O–H groups in total. The van der Waals surface area contributed by atoms with Gasteiger partial charge in [0, 0.05) is 13.1 Å². The summed E-state index contributed by atoms with van der Waals surface area (Å²) in [6, 6.07) is 0.295. The number of carbonyl (C=O) groups is 1. The fraction of sp³-hybridized carbons (Fsp3) is 0.750. The van der Waals surface area contributed by atoms with E-state index in [-0.39, 0.29) is 11.8 Å². The first-order chi connectivity index (χ1) is 9.73. The molecule has 1 fully saturated rings. The molecule has 1 aliphatic rings. The number of aromatic amines is 1. The molecule has 0 spiro atoms. The Hall–Kier alpha value is -1.52. The third-order valence-electron chi connectivity index (χ3n) is 4.79. The Kier molecular flexibility index (Phi) is 4.30. The molecule has 1 amide bonds. The van der Waals surface area contributed by atoms with Crippen LogP contribution in [0.2, 0.25) is 0 Å². The van der Waals surface area contributed by atoms with Crippen molar-refractivity contribution in [2.24, 2.45) is 5.41 Å². The van der Waals surface area contributed by atoms with Crippen LogP contribution in [0.5, 0.6) is 0 Å². The zero-order chi connectivity index (χ0) is 15.8. The molecule has 1 heterocycles. The van der Waals surface area contributed by atoms with E-state index in [0.29, 0.717) is 22.8 Å². The van der Waals surface area contributed by atoms with Crippen molar-refractivity contribution in [1.29, 1.82) is 0 Å². The maximum absolute atomic E-state index is 12.6. The van der Waals surface area contributed by atoms with Crippen LogP contribution in [0.4, 0.5) is 5.69 Å². The number of H-pyrrole nitrogens is 1. The van der Waals surface area contributed by atoms with Crippen LogP contribution in [0.15, 0.2) is 0 Å². The number of hydrogen-bond donors (Lipinski definition) is 2. The molecule has 21 heavy (non-hydrogen) atoms. The Morgan fingerprint density at radius 3 is 2.43 bits per heavy atom. The lowest BCUT2D eigenvalue weighted by atomic mass is 9.75. The molecule has 1 aliphatic carbocycles. The van der Waals surface area contributed by atoms with Gasteiger partial charge in [-0.2, -0.15) is 5.10 Å². The average Bonchev–Trinajstić information content (AvgIpc) is 2.79. The number of aromatic nitrogens is 2. The van der Waals surface area contributed by atoms with E-state index in [0.717, 1.165) is 31.4 Å². The largest absolute Gasteiger partial charge is 0.395 e. The maximum atomic E-state index is 12.6. The van der Waals surface area contributed by atoms with Crippen molar-refractivity contribution in [3.8, 4) is 0 Å². The van der Waals surface area contributed by atoms with E-state index in [2.05, 4.69) is 24.0 Å². The monoisotopic (exact) mass is 292 g/mol. The van der Waals surface area contributed by atoms with E-state index in [9.17, 15) is 4.79 Å². The molecule has 0 bridgehead atoms. The lowest BCUT2D eigenvalue weighted by Crippen LogP contribution is -2.41. The van der Waals surface area contributed by atoms with E-state index < -0.39 is 0 Å². The SMILES string of the molecule is CC(C)c1[nH]nc(C(=O)N(C)C2CCC(C)(C)CC2)c1N. The number of nitrogens with two attached hydrogens (primary N) is 1. The molecule has 5 heteroatoms. The summed E-state index contributed by atoms with van der Waals surface area (Å²) in [5, 5.41) is 7.04. The summed E-state index contributed by atoms with van der Waals surface area (Å²) in [5.41, 5.74) is 8.18. The highest BCUT2D eigenvalue weighted by atomic mass is 16.2. The normalized spacial score (nSPS) is 19.0. The number of anilines is 1. The van der Waals surface area contributed by atoms with Gasteiger partial charge in [-0.15, -0.1) is 0 Å². The van der Waals surface area contributed by atoms with Gasteiger partial charge in [0.25, 0.3) is 5.91 Å². The number of carbonyl (C=O) groups excluding carboxylic acids is 1. The molecular formula is C16H28N4O. The summed E-state index contributed by atoms with van der Waals surface area (Å²) < 4.78 is 0. The summed E-state index contributed by atoms with van der Waals surface area (Å²) in [7, 11) is 1.87. The Morgan fingerprint density at radius 1 is 1.38 bits per heavy atom. The lowest BCUT2D eigenvalue weighted by Gasteiger charge is -2.38. The minimum atomic E-state index is -0.0691. The average molecular weight is 292 g/mol. The molecule has 1 saturated carbocycles. The first kappa shape index (κ1) is 15.9. The Labute approximate surface area is 127 Å². The molecule has 0 unspecified atom stereocenters. The van der Waals surface area contributed by atoms with Gasteiger partial charge < -0.3 is 10.6 Å². The van der Waals surface area contributed by atoms with Gasteiger partial charge in [-0.3, -0.25) is 9.89 Å². The molecule has 2 rings (SSSR count). The lowest BCUT2D eigenvalue weighted by molar-refractivity contribution is 0.0630. The number of nitrogen functional groups attached to an aromatic ring is 1. The summed E-state index contributed by atoms with van der Waals surface area (Å²) in [6.45, 7) is 8.66. The standard InChI is InChI=1S/C16H28N4O/c1-10(2)13-12(17)14(19-18-13)15(21)20(5)11-6-8-16(3,4)9-7-11/h10-11H,6-9,17H2,1-5H3,(H,18,19). The minimum absolute atomic E-state index is 0.0691. The zero-order valence-electron chi connectivity index (χ0n) is 13.9. The number of nitrogens with zero attached hydrogens (tertiary/aromatic N) is 2. The molecule has 0 saturated heterocycles. The fourth-order valence-electron chi connectivity index (χ4n) is 3.07. The number of nitrogens with one attached hydrogen (secondary N) is 1. The van der Waals surface area contributed by atoms with Gasteiger partial charge >= 0.3 is 0 Å². The number of hydrogen-bond acceptors (Lipinski definition) is 3. The van der Waals surface area contributed by atoms with Gasteiger partial charge in [0.1, 0.15) is 0 Å². The van der Waals surface area contributed by atoms with E-state index in [1.165, 1.54) is 0 Å². The van der Waals surface area contributed by atoms with Crippen LogP contribution >= 0.6 is 0 Å². The Balaban J connectivity index is 2.10. The van der Waals surface area contributed by atoms with Crippen LogP contribution in [0.3, 0.4) is 0 Å². The molecular weight excluding hydrogens is 264 g/mol. The fourth-order valence-corrected chi connectivity index (χ4v) is 3.07. The van der Waals surface area contributed by atoms with Gasteiger partial charge in [-0.05, 0) is 37.0 Å². The van der Waals surface area contributed by atoms with Gasteiger partial charge in [-0.25, -0.2) is 0 Å². The maximum Gasteiger partial charge on any atom is 0.276 e. The van der Waals surface area contributed by atoms with E-state index in [1.807, 2.05) is 25.8 Å². The van der Waals surface area contributed by atoms with Crippen LogP contribution in [0.25, 0.3) is 0 Å². The highest BCUT2D eigenvalue weighted by Crippen LogP contribution is 2.37. The van der Waals surface area contributed by atoms with Crippen molar-refractivity contribution in [3.63, 3.8) is 0 Å². The second-order valence-corrected chi connectivity index (χ2v) is 7.37. The third-order valence-corrected chi connectivity index (χ3v) is 4.79. The summed E-state index contributed by atoms with van der Waals surface area (Å²) in [4.78, 5) is 14.5. The van der Waals surface area contributed by atoms with Crippen LogP contribution in [-0.4, -0.2) is 34.1 Å². The summed E-state index contributed by atoms with van der Waals surface area (Å²) in [6.07, 6.45) is 4.42. The van der Waals surface area contributed by atoms with Crippen molar-refractivity contribution in [2.75, 3.05) is 12.8 Å². The van der Waals surface area contributed by atoms with Crippen LogP contribution in [-0.2, 0) is 0 Å². The molecule has 0 aliphatic heterocycles. The van der Waals surface area contributed by atoms with Crippen molar-refractivity contribution in [1.82, 2.24) is 15.1 Å². The Morgan fingerprint density at radius 2 is 1.95 bits per heavy atom. The first-order valence-electron chi connectivity index (χ1n) is 7.84. The van der Waals surface area contributed by atoms with Crippen LogP contribution in [0.1, 0.15) is 75.5 Å². The summed E-state index contributed by atoms with van der Waals surface area (Å²) in [5.74, 6) is 0.167. The van der Waals surface area contributed by atoms with Crippen molar-refractivity contribution in [3.05, 3.63) is 11.4 Å². The second-order valence-electron chi connectivity index (χ2n) is 7.37. The van der Waals surface area contributed by atoms with E-state index >= 15 is 0 Å². The predicted molar refractivity (Wildman–Crippen MR) is 85.2 cm³/mol. The summed E-state index contributed by atoms with van der Waals surface area (Å²) >= 11 is 0. The highest BCUT2D eigenvalue weighted by Gasteiger charge is 2.32. The quantitative estimate of drug-likeness (QED) is 0.898. The van der Waals surface area contributed by atoms with Gasteiger partial charge in [0.2, 0.25) is 0 Å². The smallest absolute Gasteiger partial charge is 0.276 e.